The Bertz CT molecular complexity index is 207. The van der Waals surface area contributed by atoms with Crippen LogP contribution >= 0.6 is 0 Å². The van der Waals surface area contributed by atoms with Crippen LogP contribution in [-0.4, -0.2) is 18.2 Å². The lowest BCUT2D eigenvalue weighted by Crippen LogP contribution is -2.08. The van der Waals surface area contributed by atoms with Crippen LogP contribution in [0.15, 0.2) is 12.2 Å². The zero-order valence-corrected chi connectivity index (χ0v) is 7.83. The van der Waals surface area contributed by atoms with Crippen molar-refractivity contribution >= 4 is 18.2 Å². The fraction of sp³-hybridized carbons (Fsp3) is 0.375. The van der Waals surface area contributed by atoms with E-state index in [9.17, 15) is 9.59 Å². The minimum atomic E-state index is -0.741. The molecular weight excluding hydrogens is 176 g/mol. The summed E-state index contributed by atoms with van der Waals surface area (Å²) in [4.78, 5) is 37.2. The molecule has 0 spiro atoms. The summed E-state index contributed by atoms with van der Waals surface area (Å²) in [5.41, 5.74) is 0.182. The van der Waals surface area contributed by atoms with Crippen LogP contribution in [0.1, 0.15) is 20.8 Å². The van der Waals surface area contributed by atoms with Crippen LogP contribution in [-0.2, 0) is 24.2 Å². The van der Waals surface area contributed by atoms with Crippen molar-refractivity contribution in [1.82, 2.24) is 0 Å². The van der Waals surface area contributed by atoms with E-state index in [1.807, 2.05) is 0 Å². The molecule has 5 nitrogen and oxygen atoms in total. The van der Waals surface area contributed by atoms with Gasteiger partial charge in [-0.05, 0) is 13.8 Å². The van der Waals surface area contributed by atoms with E-state index in [0.717, 1.165) is 13.2 Å². The van der Waals surface area contributed by atoms with Gasteiger partial charge in [0.25, 0.3) is 0 Å². The molecule has 0 rings (SSSR count). The molecule has 0 saturated carbocycles. The third-order valence-corrected chi connectivity index (χ3v) is 0.583. The lowest BCUT2D eigenvalue weighted by atomic mass is 10.4. The number of hydrogen-bond donors (Lipinski definition) is 0. The maximum Gasteiger partial charge on any atom is 0.381 e. The Balaban J connectivity index is 0. The van der Waals surface area contributed by atoms with Gasteiger partial charge in [0.2, 0.25) is 0 Å². The lowest BCUT2D eigenvalue weighted by Gasteiger charge is -1.97. The quantitative estimate of drug-likeness (QED) is 0.263. The minimum absolute atomic E-state index is 0.182. The van der Waals surface area contributed by atoms with E-state index in [1.165, 1.54) is 13.8 Å². The van der Waals surface area contributed by atoms with Crippen molar-refractivity contribution in [2.45, 2.75) is 20.8 Å². The summed E-state index contributed by atoms with van der Waals surface area (Å²) in [6.07, 6.45) is 0.750. The Morgan fingerprint density at radius 3 is 1.85 bits per heavy atom. The topological polar surface area (TPSA) is 69.7 Å². The second kappa shape index (κ2) is 8.45. The highest BCUT2D eigenvalue weighted by molar-refractivity contribution is 5.87. The molecule has 0 aliphatic heterocycles. The molecule has 0 aromatic carbocycles. The van der Waals surface area contributed by atoms with Crippen molar-refractivity contribution in [1.29, 1.82) is 0 Å². The lowest BCUT2D eigenvalue weighted by molar-refractivity contribution is -0.253. The molecule has 0 bridgehead atoms. The number of hydrogen-bond acceptors (Lipinski definition) is 5. The van der Waals surface area contributed by atoms with Gasteiger partial charge in [-0.15, -0.1) is 0 Å². The normalized spacial score (nSPS) is 7.31. The zero-order chi connectivity index (χ0) is 10.9. The second-order valence-corrected chi connectivity index (χ2v) is 1.96. The molecule has 5 heteroatoms. The maximum absolute atomic E-state index is 10.4. The van der Waals surface area contributed by atoms with Crippen LogP contribution in [0.2, 0.25) is 0 Å². The van der Waals surface area contributed by atoms with E-state index in [1.54, 1.807) is 0 Å². The van der Waals surface area contributed by atoms with Crippen molar-refractivity contribution in [3.63, 3.8) is 0 Å². The summed E-state index contributed by atoms with van der Waals surface area (Å²) in [7, 11) is 0. The first-order chi connectivity index (χ1) is 5.95. The van der Waals surface area contributed by atoms with Gasteiger partial charge < -0.3 is 4.79 Å². The third-order valence-electron chi connectivity index (χ3n) is 0.583. The summed E-state index contributed by atoms with van der Waals surface area (Å²) in [5, 5.41) is 0. The van der Waals surface area contributed by atoms with Crippen molar-refractivity contribution < 1.29 is 24.2 Å². The number of carbonyl (C=O) groups is 3. The van der Waals surface area contributed by atoms with Gasteiger partial charge >= 0.3 is 11.9 Å². The highest BCUT2D eigenvalue weighted by atomic mass is 17.2. The Morgan fingerprint density at radius 2 is 1.62 bits per heavy atom. The number of aldehydes is 1. The molecule has 0 atom stereocenters. The van der Waals surface area contributed by atoms with Gasteiger partial charge in [0, 0.05) is 12.5 Å². The molecule has 0 aliphatic carbocycles. The maximum atomic E-state index is 10.4. The third kappa shape index (κ3) is 13.4. The first kappa shape index (κ1) is 13.9. The van der Waals surface area contributed by atoms with Gasteiger partial charge in [-0.2, -0.15) is 0 Å². The molecule has 0 aromatic heterocycles. The first-order valence-electron chi connectivity index (χ1n) is 3.40. The molecule has 0 aromatic rings. The van der Waals surface area contributed by atoms with Gasteiger partial charge in [0.15, 0.2) is 0 Å². The molecule has 0 radical (unpaired) electrons. The molecule has 13 heavy (non-hydrogen) atoms. The molecule has 0 aliphatic rings. The summed E-state index contributed by atoms with van der Waals surface area (Å²) in [6, 6.07) is 0. The fourth-order valence-corrected chi connectivity index (χ4v) is 0.168. The first-order valence-corrected chi connectivity index (χ1v) is 3.40. The molecular formula is C8H12O5. The average molecular weight is 188 g/mol. The Labute approximate surface area is 76.3 Å². The molecule has 0 unspecified atom stereocenters. The largest absolute Gasteiger partial charge is 0.381 e. The van der Waals surface area contributed by atoms with E-state index < -0.39 is 11.9 Å². The fourth-order valence-electron chi connectivity index (χ4n) is 0.168. The van der Waals surface area contributed by atoms with Crippen molar-refractivity contribution in [2.75, 3.05) is 0 Å². The van der Waals surface area contributed by atoms with Crippen molar-refractivity contribution in [3.8, 4) is 0 Å². The van der Waals surface area contributed by atoms with E-state index in [2.05, 4.69) is 16.4 Å². The van der Waals surface area contributed by atoms with Crippen LogP contribution in [0.5, 0.6) is 0 Å². The SMILES string of the molecule is C=C(C)C(=O)OOC(C)=O.CC=O. The van der Waals surface area contributed by atoms with Gasteiger partial charge in [-0.25, -0.2) is 19.4 Å². The van der Waals surface area contributed by atoms with Crippen LogP contribution in [0.25, 0.3) is 0 Å². The number of rotatable bonds is 1. The molecule has 0 heterocycles. The summed E-state index contributed by atoms with van der Waals surface area (Å²) in [6.45, 7) is 7.29. The summed E-state index contributed by atoms with van der Waals surface area (Å²) >= 11 is 0. The van der Waals surface area contributed by atoms with Crippen LogP contribution < -0.4 is 0 Å². The van der Waals surface area contributed by atoms with Gasteiger partial charge in [0.1, 0.15) is 6.29 Å². The molecule has 0 amide bonds. The predicted octanol–water partition coefficient (Wildman–Crippen LogP) is 0.789. The van der Waals surface area contributed by atoms with E-state index in [0.29, 0.717) is 0 Å². The summed E-state index contributed by atoms with van der Waals surface area (Å²) in [5.74, 6) is -1.41. The molecule has 74 valence electrons. The standard InChI is InChI=1S/C6H8O4.C2H4O/c1-4(2)6(8)10-9-5(3)7;1-2-3/h1H2,2-3H3;2H,1H3. The van der Waals surface area contributed by atoms with E-state index in [4.69, 9.17) is 4.79 Å². The van der Waals surface area contributed by atoms with Crippen LogP contribution in [0.4, 0.5) is 0 Å². The van der Waals surface area contributed by atoms with Crippen molar-refractivity contribution in [3.05, 3.63) is 12.2 Å². The molecule has 0 N–H and O–H groups in total. The predicted molar refractivity (Wildman–Crippen MR) is 44.4 cm³/mol. The zero-order valence-electron chi connectivity index (χ0n) is 7.83. The van der Waals surface area contributed by atoms with Gasteiger partial charge in [0.05, 0.1) is 0 Å². The Hall–Kier alpha value is -1.65. The second-order valence-electron chi connectivity index (χ2n) is 1.96. The van der Waals surface area contributed by atoms with Crippen LogP contribution in [0, 0.1) is 0 Å². The minimum Gasteiger partial charge on any atom is -0.304 e. The molecule has 0 fully saturated rings. The average Bonchev–Trinajstić information content (AvgIpc) is 2.01. The highest BCUT2D eigenvalue weighted by Crippen LogP contribution is 1.92. The van der Waals surface area contributed by atoms with E-state index in [-0.39, 0.29) is 5.57 Å². The van der Waals surface area contributed by atoms with Gasteiger partial charge in [-0.1, -0.05) is 6.58 Å². The van der Waals surface area contributed by atoms with E-state index >= 15 is 0 Å². The Kier molecular flexibility index (Phi) is 9.04. The van der Waals surface area contributed by atoms with Crippen LogP contribution in [0.3, 0.4) is 0 Å². The highest BCUT2D eigenvalue weighted by Gasteiger charge is 2.05. The monoisotopic (exact) mass is 188 g/mol. The van der Waals surface area contributed by atoms with Gasteiger partial charge in [-0.3, -0.25) is 0 Å². The number of carbonyl (C=O) groups excluding carboxylic acids is 3. The smallest absolute Gasteiger partial charge is 0.304 e. The summed E-state index contributed by atoms with van der Waals surface area (Å²) < 4.78 is 0. The molecule has 0 saturated heterocycles. The Morgan fingerprint density at radius 1 is 1.23 bits per heavy atom. The van der Waals surface area contributed by atoms with Crippen molar-refractivity contribution in [2.24, 2.45) is 0 Å².